The SMILES string of the molecule is NN(C(=O)c1cccc(NC(=O)OCc2cccnc2)c1)c1cccc(-c2cccs2)c1. The Hall–Kier alpha value is -4.01. The smallest absolute Gasteiger partial charge is 0.411 e. The first-order chi connectivity index (χ1) is 15.6. The Labute approximate surface area is 189 Å². The molecule has 160 valence electrons. The monoisotopic (exact) mass is 444 g/mol. The second kappa shape index (κ2) is 9.86. The number of pyridine rings is 1. The number of ether oxygens (including phenoxy) is 1. The molecular formula is C24H20N4O3S. The van der Waals surface area contributed by atoms with Gasteiger partial charge >= 0.3 is 6.09 Å². The van der Waals surface area contributed by atoms with Crippen LogP contribution in [0, 0.1) is 0 Å². The molecule has 0 radical (unpaired) electrons. The molecule has 3 N–H and O–H groups in total. The number of nitrogens with two attached hydrogens (primary N) is 1. The number of benzene rings is 2. The molecule has 2 amide bonds. The van der Waals surface area contributed by atoms with Gasteiger partial charge in [-0.05, 0) is 53.4 Å². The first-order valence-electron chi connectivity index (χ1n) is 9.76. The number of nitrogens with one attached hydrogen (secondary N) is 1. The average Bonchev–Trinajstić information content (AvgIpc) is 3.38. The lowest BCUT2D eigenvalue weighted by molar-refractivity contribution is 0.0986. The summed E-state index contributed by atoms with van der Waals surface area (Å²) in [6.45, 7) is 0.0927. The fourth-order valence-electron chi connectivity index (χ4n) is 3.02. The maximum atomic E-state index is 12.9. The molecule has 7 nitrogen and oxygen atoms in total. The molecule has 0 saturated carbocycles. The van der Waals surface area contributed by atoms with E-state index < -0.39 is 12.0 Å². The highest BCUT2D eigenvalue weighted by molar-refractivity contribution is 7.13. The summed E-state index contributed by atoms with van der Waals surface area (Å²) in [4.78, 5) is 30.1. The van der Waals surface area contributed by atoms with Crippen molar-refractivity contribution in [1.29, 1.82) is 0 Å². The van der Waals surface area contributed by atoms with Gasteiger partial charge in [-0.15, -0.1) is 11.3 Å². The molecule has 0 bridgehead atoms. The molecule has 4 aromatic rings. The Bertz CT molecular complexity index is 1210. The first kappa shape index (κ1) is 21.2. The zero-order valence-corrected chi connectivity index (χ0v) is 17.8. The third-order valence-electron chi connectivity index (χ3n) is 4.60. The Morgan fingerprint density at radius 2 is 1.91 bits per heavy atom. The summed E-state index contributed by atoms with van der Waals surface area (Å²) >= 11 is 1.61. The lowest BCUT2D eigenvalue weighted by atomic mass is 10.1. The van der Waals surface area contributed by atoms with Crippen molar-refractivity contribution in [2.45, 2.75) is 6.61 Å². The third kappa shape index (κ3) is 5.18. The highest BCUT2D eigenvalue weighted by Crippen LogP contribution is 2.28. The molecule has 0 unspecified atom stereocenters. The molecule has 0 saturated heterocycles. The van der Waals surface area contributed by atoms with E-state index in [0.717, 1.165) is 21.0 Å². The van der Waals surface area contributed by atoms with Gasteiger partial charge in [0.05, 0.1) is 5.69 Å². The van der Waals surface area contributed by atoms with Gasteiger partial charge in [0.1, 0.15) is 6.61 Å². The van der Waals surface area contributed by atoms with Gasteiger partial charge < -0.3 is 4.74 Å². The van der Waals surface area contributed by atoms with Crippen LogP contribution in [0.15, 0.2) is 90.6 Å². The minimum absolute atomic E-state index is 0.0927. The van der Waals surface area contributed by atoms with Gasteiger partial charge in [-0.2, -0.15) is 0 Å². The number of aromatic nitrogens is 1. The van der Waals surface area contributed by atoms with Gasteiger partial charge in [-0.3, -0.25) is 15.1 Å². The maximum Gasteiger partial charge on any atom is 0.411 e. The molecule has 4 rings (SSSR count). The van der Waals surface area contributed by atoms with E-state index in [9.17, 15) is 9.59 Å². The van der Waals surface area contributed by atoms with Crippen molar-refractivity contribution in [2.24, 2.45) is 5.84 Å². The summed E-state index contributed by atoms with van der Waals surface area (Å²) in [7, 11) is 0. The number of hydrogen-bond donors (Lipinski definition) is 2. The number of nitrogens with zero attached hydrogens (tertiary/aromatic N) is 2. The Morgan fingerprint density at radius 3 is 2.69 bits per heavy atom. The molecule has 2 aromatic carbocycles. The lowest BCUT2D eigenvalue weighted by Crippen LogP contribution is -2.37. The topological polar surface area (TPSA) is 97.6 Å². The van der Waals surface area contributed by atoms with Gasteiger partial charge in [0.15, 0.2) is 0 Å². The number of carbonyl (C=O) groups is 2. The number of rotatable bonds is 6. The van der Waals surface area contributed by atoms with Crippen LogP contribution in [-0.4, -0.2) is 17.0 Å². The Kier molecular flexibility index (Phi) is 6.54. The summed E-state index contributed by atoms with van der Waals surface area (Å²) in [6.07, 6.45) is 2.63. The molecule has 0 aliphatic rings. The summed E-state index contributed by atoms with van der Waals surface area (Å²) in [6, 6.07) is 21.5. The normalized spacial score (nSPS) is 10.4. The van der Waals surface area contributed by atoms with Crippen molar-refractivity contribution in [2.75, 3.05) is 10.3 Å². The van der Waals surface area contributed by atoms with Crippen LogP contribution in [0.2, 0.25) is 0 Å². The van der Waals surface area contributed by atoms with Crippen molar-refractivity contribution in [3.05, 3.63) is 102 Å². The van der Waals surface area contributed by atoms with Crippen LogP contribution in [0.1, 0.15) is 15.9 Å². The highest BCUT2D eigenvalue weighted by Gasteiger charge is 2.16. The molecule has 2 heterocycles. The second-order valence-corrected chi connectivity index (χ2v) is 7.79. The predicted octanol–water partition coefficient (Wildman–Crippen LogP) is 5.08. The van der Waals surface area contributed by atoms with Crippen LogP contribution in [-0.2, 0) is 11.3 Å². The van der Waals surface area contributed by atoms with Gasteiger partial charge in [0, 0.05) is 34.1 Å². The molecule has 0 aliphatic carbocycles. The minimum Gasteiger partial charge on any atom is -0.444 e. The fraction of sp³-hybridized carbons (Fsp3) is 0.0417. The van der Waals surface area contributed by atoms with Crippen LogP contribution in [0.25, 0.3) is 10.4 Å². The Balaban J connectivity index is 1.43. The van der Waals surface area contributed by atoms with E-state index in [1.54, 1.807) is 60.1 Å². The number of hydrazine groups is 1. The standard InChI is InChI=1S/C24H20N4O3S/c25-28(21-9-2-6-18(14-21)22-10-4-12-32-22)23(29)19-7-1-8-20(13-19)27-24(30)31-16-17-5-3-11-26-15-17/h1-15H,16,25H2,(H,27,30). The highest BCUT2D eigenvalue weighted by atomic mass is 32.1. The Morgan fingerprint density at radius 1 is 1.03 bits per heavy atom. The summed E-state index contributed by atoms with van der Waals surface area (Å²) in [5, 5.41) is 5.71. The number of hydrogen-bond acceptors (Lipinski definition) is 6. The van der Waals surface area contributed by atoms with E-state index in [4.69, 9.17) is 10.6 Å². The van der Waals surface area contributed by atoms with Crippen molar-refractivity contribution in [3.8, 4) is 10.4 Å². The third-order valence-corrected chi connectivity index (χ3v) is 5.52. The van der Waals surface area contributed by atoms with Crippen LogP contribution in [0.4, 0.5) is 16.2 Å². The van der Waals surface area contributed by atoms with E-state index in [-0.39, 0.29) is 6.61 Å². The number of carbonyl (C=O) groups excluding carboxylic acids is 2. The number of thiophene rings is 1. The molecule has 2 aromatic heterocycles. The van der Waals surface area contributed by atoms with Crippen LogP contribution in [0.5, 0.6) is 0 Å². The first-order valence-corrected chi connectivity index (χ1v) is 10.6. The van der Waals surface area contributed by atoms with E-state index in [1.807, 2.05) is 41.8 Å². The van der Waals surface area contributed by atoms with Crippen LogP contribution < -0.4 is 16.2 Å². The lowest BCUT2D eigenvalue weighted by Gasteiger charge is -2.18. The van der Waals surface area contributed by atoms with Crippen LogP contribution in [0.3, 0.4) is 0 Å². The zero-order valence-electron chi connectivity index (χ0n) is 17.0. The minimum atomic E-state index is -0.633. The fourth-order valence-corrected chi connectivity index (χ4v) is 3.75. The van der Waals surface area contributed by atoms with E-state index >= 15 is 0 Å². The van der Waals surface area contributed by atoms with Gasteiger partial charge in [0.25, 0.3) is 5.91 Å². The zero-order chi connectivity index (χ0) is 22.3. The van der Waals surface area contributed by atoms with Crippen molar-refractivity contribution < 1.29 is 14.3 Å². The molecule has 0 atom stereocenters. The van der Waals surface area contributed by atoms with E-state index in [2.05, 4.69) is 10.3 Å². The second-order valence-electron chi connectivity index (χ2n) is 6.85. The molecular weight excluding hydrogens is 424 g/mol. The largest absolute Gasteiger partial charge is 0.444 e. The number of amides is 2. The molecule has 32 heavy (non-hydrogen) atoms. The van der Waals surface area contributed by atoms with E-state index in [1.165, 1.54) is 0 Å². The van der Waals surface area contributed by atoms with Crippen molar-refractivity contribution in [1.82, 2.24) is 4.98 Å². The van der Waals surface area contributed by atoms with Crippen molar-refractivity contribution >= 4 is 34.7 Å². The van der Waals surface area contributed by atoms with Gasteiger partial charge in [-0.25, -0.2) is 15.6 Å². The molecule has 0 fully saturated rings. The van der Waals surface area contributed by atoms with Gasteiger partial charge in [0.2, 0.25) is 0 Å². The van der Waals surface area contributed by atoms with Crippen LogP contribution >= 0.6 is 11.3 Å². The van der Waals surface area contributed by atoms with E-state index in [0.29, 0.717) is 16.9 Å². The summed E-state index contributed by atoms with van der Waals surface area (Å²) < 4.78 is 5.19. The average molecular weight is 445 g/mol. The molecule has 8 heteroatoms. The maximum absolute atomic E-state index is 12.9. The predicted molar refractivity (Wildman–Crippen MR) is 125 cm³/mol. The van der Waals surface area contributed by atoms with Crippen molar-refractivity contribution in [3.63, 3.8) is 0 Å². The van der Waals surface area contributed by atoms with Gasteiger partial charge in [-0.1, -0.05) is 30.3 Å². The number of anilines is 2. The molecule has 0 aliphatic heterocycles. The molecule has 0 spiro atoms. The quantitative estimate of drug-likeness (QED) is 0.246. The summed E-state index contributed by atoms with van der Waals surface area (Å²) in [5.41, 5.74) is 3.07. The summed E-state index contributed by atoms with van der Waals surface area (Å²) in [5.74, 6) is 5.72.